The molecule has 0 fully saturated rings. The summed E-state index contributed by atoms with van der Waals surface area (Å²) in [5.74, 6) is -0.0642. The van der Waals surface area contributed by atoms with Gasteiger partial charge in [0, 0.05) is 42.4 Å². The fourth-order valence-electron chi connectivity index (χ4n) is 2.72. The number of hydrogen-bond acceptors (Lipinski definition) is 3. The third kappa shape index (κ3) is 3.85. The van der Waals surface area contributed by atoms with Crippen molar-refractivity contribution < 1.29 is 14.3 Å². The Hall–Kier alpha value is -3.28. The zero-order valence-electron chi connectivity index (χ0n) is 14.8. The second-order valence-corrected chi connectivity index (χ2v) is 5.97. The number of urea groups is 1. The molecule has 0 radical (unpaired) electrons. The summed E-state index contributed by atoms with van der Waals surface area (Å²) in [6, 6.07) is 14.1. The van der Waals surface area contributed by atoms with Gasteiger partial charge in [-0.3, -0.25) is 0 Å². The number of carbonyl (C=O) groups is 2. The fourth-order valence-corrected chi connectivity index (χ4v) is 2.72. The second-order valence-electron chi connectivity index (χ2n) is 5.97. The number of fused-ring (bicyclic) bond motifs is 1. The molecule has 2 amide bonds. The molecule has 1 heterocycles. The molecule has 0 aliphatic carbocycles. The van der Waals surface area contributed by atoms with Crippen LogP contribution >= 0.6 is 0 Å². The van der Waals surface area contributed by atoms with Gasteiger partial charge in [0.2, 0.25) is 0 Å². The molecule has 134 valence electrons. The second kappa shape index (κ2) is 7.74. The minimum Gasteiger partial charge on any atom is -0.423 e. The van der Waals surface area contributed by atoms with E-state index in [-0.39, 0.29) is 6.03 Å². The first-order chi connectivity index (χ1) is 12.6. The van der Waals surface area contributed by atoms with E-state index in [1.807, 2.05) is 42.8 Å². The molecule has 0 atom stereocenters. The summed E-state index contributed by atoms with van der Waals surface area (Å²) in [5, 5.41) is 6.29. The topological polar surface area (TPSA) is 72.4 Å². The van der Waals surface area contributed by atoms with Crippen LogP contribution in [0.3, 0.4) is 0 Å². The number of carbonyl (C=O) groups excluding carboxylic acids is 2. The molecular formula is C20H21N3O3. The van der Waals surface area contributed by atoms with Gasteiger partial charge in [-0.15, -0.1) is 0 Å². The van der Waals surface area contributed by atoms with E-state index in [2.05, 4.69) is 10.6 Å². The first kappa shape index (κ1) is 17.5. The molecule has 0 aliphatic heterocycles. The molecule has 2 aromatic carbocycles. The summed E-state index contributed by atoms with van der Waals surface area (Å²) in [6.07, 6.45) is 2.61. The molecule has 0 bridgehead atoms. The Labute approximate surface area is 151 Å². The van der Waals surface area contributed by atoms with Crippen LogP contribution in [0.5, 0.6) is 5.75 Å². The summed E-state index contributed by atoms with van der Waals surface area (Å²) >= 11 is 0. The van der Waals surface area contributed by atoms with Gasteiger partial charge in [0.05, 0.1) is 5.56 Å². The van der Waals surface area contributed by atoms with Gasteiger partial charge in [-0.05, 0) is 24.6 Å². The van der Waals surface area contributed by atoms with Crippen LogP contribution in [0, 0.1) is 0 Å². The molecule has 0 saturated carbocycles. The van der Waals surface area contributed by atoms with Crippen molar-refractivity contribution in [3.8, 4) is 5.75 Å². The van der Waals surface area contributed by atoms with Crippen molar-refractivity contribution in [3.63, 3.8) is 0 Å². The number of nitrogens with one attached hydrogen (secondary N) is 2. The first-order valence-corrected chi connectivity index (χ1v) is 8.49. The molecule has 6 nitrogen and oxygen atoms in total. The molecule has 1 aromatic heterocycles. The van der Waals surface area contributed by atoms with Crippen LogP contribution in [-0.2, 0) is 7.05 Å². The van der Waals surface area contributed by atoms with Crippen molar-refractivity contribution in [1.82, 2.24) is 9.88 Å². The van der Waals surface area contributed by atoms with Gasteiger partial charge in [-0.2, -0.15) is 0 Å². The smallest absolute Gasteiger partial charge is 0.345 e. The van der Waals surface area contributed by atoms with Crippen LogP contribution in [0.15, 0.2) is 54.7 Å². The molecular weight excluding hydrogens is 330 g/mol. The lowest BCUT2D eigenvalue weighted by Gasteiger charge is -2.08. The highest BCUT2D eigenvalue weighted by Gasteiger charge is 2.16. The highest BCUT2D eigenvalue weighted by Crippen LogP contribution is 2.23. The third-order valence-corrected chi connectivity index (χ3v) is 3.95. The Balaban J connectivity index is 1.75. The van der Waals surface area contributed by atoms with Crippen LogP contribution in [0.1, 0.15) is 23.7 Å². The van der Waals surface area contributed by atoms with Crippen LogP contribution in [0.2, 0.25) is 0 Å². The number of benzene rings is 2. The Kier molecular flexibility index (Phi) is 5.22. The lowest BCUT2D eigenvalue weighted by Crippen LogP contribution is -2.29. The molecule has 0 aliphatic rings. The lowest BCUT2D eigenvalue weighted by molar-refractivity contribution is 0.0736. The van der Waals surface area contributed by atoms with Crippen molar-refractivity contribution in [2.45, 2.75) is 13.3 Å². The van der Waals surface area contributed by atoms with Crippen molar-refractivity contribution in [2.24, 2.45) is 7.05 Å². The molecule has 0 saturated heterocycles. The van der Waals surface area contributed by atoms with Gasteiger partial charge in [0.1, 0.15) is 5.75 Å². The van der Waals surface area contributed by atoms with Gasteiger partial charge < -0.3 is 19.9 Å². The number of amides is 2. The predicted molar refractivity (Wildman–Crippen MR) is 102 cm³/mol. The molecule has 2 N–H and O–H groups in total. The number of ether oxygens (including phenoxy) is 1. The number of hydrogen-bond donors (Lipinski definition) is 2. The van der Waals surface area contributed by atoms with Crippen molar-refractivity contribution >= 4 is 28.6 Å². The van der Waals surface area contributed by atoms with E-state index in [1.54, 1.807) is 30.5 Å². The van der Waals surface area contributed by atoms with E-state index in [1.165, 1.54) is 0 Å². The van der Waals surface area contributed by atoms with Gasteiger partial charge >= 0.3 is 12.0 Å². The molecule has 0 spiro atoms. The van der Waals surface area contributed by atoms with E-state index in [9.17, 15) is 9.59 Å². The molecule has 3 rings (SSSR count). The number of nitrogens with zero attached hydrogens (tertiary/aromatic N) is 1. The maximum atomic E-state index is 12.6. The normalized spacial score (nSPS) is 10.5. The standard InChI is InChI=1S/C20H21N3O3/c1-3-11-21-20(25)22-14-7-6-8-15(12-14)26-19(24)17-13-23(2)18-10-5-4-9-16(17)18/h4-10,12-13H,3,11H2,1-2H3,(H2,21,22,25). The number of aryl methyl sites for hydroxylation is 1. The van der Waals surface area contributed by atoms with Gasteiger partial charge in [-0.1, -0.05) is 31.2 Å². The lowest BCUT2D eigenvalue weighted by atomic mass is 10.2. The number of aromatic nitrogens is 1. The first-order valence-electron chi connectivity index (χ1n) is 8.49. The summed E-state index contributed by atoms with van der Waals surface area (Å²) in [4.78, 5) is 24.3. The van der Waals surface area contributed by atoms with Crippen molar-refractivity contribution in [1.29, 1.82) is 0 Å². The third-order valence-electron chi connectivity index (χ3n) is 3.95. The van der Waals surface area contributed by atoms with Crippen LogP contribution in [-0.4, -0.2) is 23.1 Å². The maximum Gasteiger partial charge on any atom is 0.345 e. The van der Waals surface area contributed by atoms with Gasteiger partial charge in [0.25, 0.3) is 0 Å². The number of rotatable bonds is 5. The van der Waals surface area contributed by atoms with Crippen molar-refractivity contribution in [2.75, 3.05) is 11.9 Å². The summed E-state index contributed by atoms with van der Waals surface area (Å²) in [6.45, 7) is 2.58. The SMILES string of the molecule is CCCNC(=O)Nc1cccc(OC(=O)c2cn(C)c3ccccc23)c1. The van der Waals surface area contributed by atoms with Crippen LogP contribution in [0.25, 0.3) is 10.9 Å². The van der Waals surface area contributed by atoms with Crippen LogP contribution in [0.4, 0.5) is 10.5 Å². The average molecular weight is 351 g/mol. The Bertz CT molecular complexity index is 946. The molecule has 6 heteroatoms. The zero-order chi connectivity index (χ0) is 18.5. The number of anilines is 1. The van der Waals surface area contributed by atoms with Gasteiger partial charge in [0.15, 0.2) is 0 Å². The minimum absolute atomic E-state index is 0.288. The van der Waals surface area contributed by atoms with E-state index in [0.29, 0.717) is 23.5 Å². The van der Waals surface area contributed by atoms with E-state index in [4.69, 9.17) is 4.74 Å². The summed E-state index contributed by atoms with van der Waals surface area (Å²) in [7, 11) is 1.89. The predicted octanol–water partition coefficient (Wildman–Crippen LogP) is 3.93. The Morgan fingerprint density at radius 3 is 2.73 bits per heavy atom. The summed E-state index contributed by atoms with van der Waals surface area (Å²) in [5.41, 5.74) is 2.02. The molecule has 3 aromatic rings. The Morgan fingerprint density at radius 2 is 1.92 bits per heavy atom. The highest BCUT2D eigenvalue weighted by molar-refractivity contribution is 6.05. The van der Waals surface area contributed by atoms with Crippen LogP contribution < -0.4 is 15.4 Å². The van der Waals surface area contributed by atoms with E-state index >= 15 is 0 Å². The quantitative estimate of drug-likeness (QED) is 0.540. The summed E-state index contributed by atoms with van der Waals surface area (Å²) < 4.78 is 7.39. The number of esters is 1. The number of para-hydroxylation sites is 1. The Morgan fingerprint density at radius 1 is 1.12 bits per heavy atom. The van der Waals surface area contributed by atoms with Crippen molar-refractivity contribution in [3.05, 3.63) is 60.3 Å². The average Bonchev–Trinajstić information content (AvgIpc) is 2.98. The largest absolute Gasteiger partial charge is 0.423 e. The van der Waals surface area contributed by atoms with Gasteiger partial charge in [-0.25, -0.2) is 9.59 Å². The zero-order valence-corrected chi connectivity index (χ0v) is 14.8. The molecule has 0 unspecified atom stereocenters. The highest BCUT2D eigenvalue weighted by atomic mass is 16.5. The van der Waals surface area contributed by atoms with E-state index < -0.39 is 5.97 Å². The maximum absolute atomic E-state index is 12.6. The molecule has 26 heavy (non-hydrogen) atoms. The monoisotopic (exact) mass is 351 g/mol. The minimum atomic E-state index is -0.436. The van der Waals surface area contributed by atoms with E-state index in [0.717, 1.165) is 17.3 Å². The fraction of sp³-hybridized carbons (Fsp3) is 0.200.